The third-order valence-electron chi connectivity index (χ3n) is 10.3. The highest BCUT2D eigenvalue weighted by molar-refractivity contribution is 7.89. The zero-order chi connectivity index (χ0) is 49.1. The molecule has 0 atom stereocenters. The molecule has 1 amide bonds. The highest BCUT2D eigenvalue weighted by Gasteiger charge is 2.28. The fourth-order valence-electron chi connectivity index (χ4n) is 6.35. The summed E-state index contributed by atoms with van der Waals surface area (Å²) in [5, 5.41) is -0.268. The summed E-state index contributed by atoms with van der Waals surface area (Å²) < 4.78 is 27.1. The first-order valence-corrected chi connectivity index (χ1v) is 27.1. The first-order valence-electron chi connectivity index (χ1n) is 25.6. The lowest BCUT2D eigenvalue weighted by molar-refractivity contribution is -0.572. The van der Waals surface area contributed by atoms with E-state index >= 15 is 0 Å². The molecule has 2 aromatic rings. The van der Waals surface area contributed by atoms with Crippen molar-refractivity contribution in [2.75, 3.05) is 26.2 Å². The number of pyridine rings is 1. The molecule has 0 saturated carbocycles. The number of nitrogens with zero attached hydrogens (tertiary/aromatic N) is 3. The minimum atomic E-state index is -2.97. The number of carbonyl (C=O) groups excluding carboxylic acids is 1. The first kappa shape index (κ1) is 64.3. The molecule has 4 heterocycles. The Morgan fingerprint density at radius 1 is 0.603 bits per heavy atom. The maximum Gasteiger partial charge on any atom is 0.248 e. The molecule has 6 nitrogen and oxygen atoms in total. The summed E-state index contributed by atoms with van der Waals surface area (Å²) in [5.74, 6) is 2.51. The van der Waals surface area contributed by atoms with Crippen molar-refractivity contribution in [3.8, 4) is 0 Å². The van der Waals surface area contributed by atoms with E-state index in [2.05, 4.69) is 113 Å². The number of rotatable bonds is 6. The standard InChI is InChI=1S/C10H12.C10H14.C9H17NO.C9H12N.C8H17NO2S.5C2H6/c1-7(2)8-3-4-9-6-10(9)5-8;1-9(2)10-7-5-3-4-6-8-10;1-8(2)9(11)10-6-4-3-5-7-10;1-7(2)8-3-4-10-6-9(10)5-8;1-8(2)12(10,11)9-6-4-3-5-7-9;5*1-2/h3-5,7H,6H2,1-2H3;3,5-9H,4H2,1-2H3;8H,3-7H2,1-2H3;3-5,7H,6H2,1-2H3;8H,3-7H2,1-2H3;5*1-2H3/q;;;+1;;;;;;. The smallest absolute Gasteiger partial charge is 0.248 e. The predicted molar refractivity (Wildman–Crippen MR) is 280 cm³/mol. The maximum atomic E-state index is 11.6. The number of hydrogen-bond donors (Lipinski definition) is 0. The summed E-state index contributed by atoms with van der Waals surface area (Å²) in [7, 11) is -2.97. The largest absolute Gasteiger partial charge is 0.342 e. The molecule has 63 heavy (non-hydrogen) atoms. The van der Waals surface area contributed by atoms with E-state index in [1.165, 1.54) is 54.5 Å². The second-order valence-corrected chi connectivity index (χ2v) is 19.1. The van der Waals surface area contributed by atoms with E-state index in [4.69, 9.17) is 0 Å². The van der Waals surface area contributed by atoms with Gasteiger partial charge < -0.3 is 4.90 Å². The molecular weight excluding hydrogens is 795 g/mol. The van der Waals surface area contributed by atoms with Gasteiger partial charge in [0, 0.05) is 44.2 Å². The predicted octanol–water partition coefficient (Wildman–Crippen LogP) is 15.3. The number of fused-ring (bicyclic) bond motifs is 2. The third kappa shape index (κ3) is 27.1. The van der Waals surface area contributed by atoms with Gasteiger partial charge in [-0.05, 0) is 104 Å². The lowest BCUT2D eigenvalue weighted by Gasteiger charge is -2.28. The van der Waals surface area contributed by atoms with Crippen LogP contribution >= 0.6 is 0 Å². The van der Waals surface area contributed by atoms with E-state index in [0.29, 0.717) is 23.7 Å². The van der Waals surface area contributed by atoms with Gasteiger partial charge in [0.15, 0.2) is 6.20 Å². The molecule has 7 rings (SSSR count). The second-order valence-electron chi connectivity index (χ2n) is 16.6. The highest BCUT2D eigenvalue weighted by Crippen LogP contribution is 2.30. The minimum absolute atomic E-state index is 0.174. The summed E-state index contributed by atoms with van der Waals surface area (Å²) in [6.07, 6.45) is 22.3. The number of likely N-dealkylation sites (tertiary alicyclic amines) is 1. The van der Waals surface area contributed by atoms with Crippen LogP contribution in [0.25, 0.3) is 0 Å². The Bertz CT molecular complexity index is 1580. The van der Waals surface area contributed by atoms with Crippen molar-refractivity contribution in [2.45, 2.75) is 213 Å². The van der Waals surface area contributed by atoms with Crippen LogP contribution in [-0.4, -0.2) is 55.0 Å². The number of benzene rings is 1. The molecule has 7 heteroatoms. The van der Waals surface area contributed by atoms with Crippen molar-refractivity contribution in [3.05, 3.63) is 100 Å². The van der Waals surface area contributed by atoms with E-state index < -0.39 is 10.0 Å². The van der Waals surface area contributed by atoms with Gasteiger partial charge in [0.2, 0.25) is 28.2 Å². The van der Waals surface area contributed by atoms with E-state index in [9.17, 15) is 13.2 Å². The zero-order valence-corrected chi connectivity index (χ0v) is 45.7. The average molecular weight is 898 g/mol. The number of piperidine rings is 2. The summed E-state index contributed by atoms with van der Waals surface area (Å²) in [6.45, 7) is 45.4. The summed E-state index contributed by atoms with van der Waals surface area (Å²) >= 11 is 0. The Labute approximate surface area is 393 Å². The topological polar surface area (TPSA) is 61.6 Å². The number of amides is 1. The van der Waals surface area contributed by atoms with Gasteiger partial charge in [0.1, 0.15) is 0 Å². The molecule has 1 aromatic heterocycles. The lowest BCUT2D eigenvalue weighted by Crippen LogP contribution is -2.39. The Hall–Kier alpha value is -3.03. The van der Waals surface area contributed by atoms with Gasteiger partial charge in [-0.25, -0.2) is 12.7 Å². The highest BCUT2D eigenvalue weighted by atomic mass is 32.2. The van der Waals surface area contributed by atoms with Crippen LogP contribution in [0.15, 0.2) is 72.5 Å². The van der Waals surface area contributed by atoms with E-state index in [1.807, 2.05) is 88.0 Å². The number of allylic oxidation sites excluding steroid dienone is 6. The van der Waals surface area contributed by atoms with Crippen LogP contribution in [0.4, 0.5) is 0 Å². The van der Waals surface area contributed by atoms with Crippen LogP contribution in [0, 0.1) is 11.8 Å². The Morgan fingerprint density at radius 3 is 1.56 bits per heavy atom. The molecule has 5 aliphatic rings. The van der Waals surface area contributed by atoms with Crippen molar-refractivity contribution in [2.24, 2.45) is 11.8 Å². The fraction of sp³-hybridized carbons (Fsp3) is 0.679. The van der Waals surface area contributed by atoms with E-state index in [1.54, 1.807) is 29.3 Å². The van der Waals surface area contributed by atoms with Gasteiger partial charge in [-0.2, -0.15) is 4.57 Å². The maximum absolute atomic E-state index is 11.6. The van der Waals surface area contributed by atoms with Crippen LogP contribution in [-0.2, 0) is 27.8 Å². The zero-order valence-electron chi connectivity index (χ0n) is 44.9. The molecule has 1 aromatic carbocycles. The van der Waals surface area contributed by atoms with Crippen molar-refractivity contribution in [3.63, 3.8) is 0 Å². The van der Waals surface area contributed by atoms with Crippen LogP contribution in [0.3, 0.4) is 0 Å². The normalized spacial score (nSPS) is 14.9. The number of carbonyl (C=O) groups is 1. The molecule has 2 fully saturated rings. The van der Waals surface area contributed by atoms with Crippen molar-refractivity contribution >= 4 is 15.9 Å². The SMILES string of the molecule is CC.CC.CC.CC.CC.CC(C)C(=O)N1CCCCC1.CC(C)C1=CC=CCC=C1.CC(C)S(=O)(=O)N1CCCCC1.CC(C)c1cc[n+]2c(c1)C2.CC(C)c1ccc2c(c1)C2. The van der Waals surface area contributed by atoms with Crippen LogP contribution in [0.2, 0.25) is 0 Å². The number of hydrogen-bond acceptors (Lipinski definition) is 3. The van der Waals surface area contributed by atoms with Gasteiger partial charge in [-0.15, -0.1) is 0 Å². The van der Waals surface area contributed by atoms with Crippen LogP contribution < -0.4 is 4.57 Å². The van der Waals surface area contributed by atoms with E-state index in [-0.39, 0.29) is 11.2 Å². The molecule has 3 aliphatic heterocycles. The minimum Gasteiger partial charge on any atom is -0.342 e. The van der Waals surface area contributed by atoms with Crippen LogP contribution in [0.5, 0.6) is 0 Å². The van der Waals surface area contributed by atoms with Crippen molar-refractivity contribution in [1.29, 1.82) is 0 Å². The summed E-state index contributed by atoms with van der Waals surface area (Å²) in [5.41, 5.74) is 8.95. The summed E-state index contributed by atoms with van der Waals surface area (Å²) in [6, 6.07) is 11.3. The molecule has 2 saturated heterocycles. The molecule has 0 spiro atoms. The number of sulfonamides is 1. The Morgan fingerprint density at radius 2 is 1.11 bits per heavy atom. The van der Waals surface area contributed by atoms with Crippen molar-refractivity contribution in [1.82, 2.24) is 9.21 Å². The van der Waals surface area contributed by atoms with Crippen LogP contribution in [0.1, 0.15) is 223 Å². The van der Waals surface area contributed by atoms with Gasteiger partial charge >= 0.3 is 0 Å². The fourth-order valence-corrected chi connectivity index (χ4v) is 7.71. The monoisotopic (exact) mass is 897 g/mol. The molecule has 0 radical (unpaired) electrons. The number of aromatic nitrogens is 1. The lowest BCUT2D eigenvalue weighted by atomic mass is 10.0. The van der Waals surface area contributed by atoms with Gasteiger partial charge in [-0.3, -0.25) is 4.79 Å². The molecular formula is C56H102N3O3S+. The van der Waals surface area contributed by atoms with Gasteiger partial charge in [0.25, 0.3) is 0 Å². The first-order chi connectivity index (χ1) is 30.1. The third-order valence-corrected chi connectivity index (χ3v) is 12.6. The molecule has 2 aliphatic carbocycles. The Balaban J connectivity index is -0.000000680. The molecule has 0 N–H and O–H groups in total. The Kier molecular flexibility index (Phi) is 39.0. The van der Waals surface area contributed by atoms with Crippen molar-refractivity contribution < 1.29 is 17.8 Å². The van der Waals surface area contributed by atoms with Gasteiger partial charge in [0.05, 0.1) is 5.25 Å². The molecule has 0 bridgehead atoms. The molecule has 364 valence electrons. The van der Waals surface area contributed by atoms with E-state index in [0.717, 1.165) is 52.0 Å². The second kappa shape index (κ2) is 38.3. The molecule has 0 unspecified atom stereocenters. The average Bonchev–Trinajstić information content (AvgIpc) is 4.25. The quantitative estimate of drug-likeness (QED) is 0.181. The van der Waals surface area contributed by atoms with Gasteiger partial charge in [-0.1, -0.05) is 180 Å². The summed E-state index contributed by atoms with van der Waals surface area (Å²) in [4.78, 5) is 13.4.